The van der Waals surface area contributed by atoms with Gasteiger partial charge in [-0.05, 0) is 12.1 Å². The van der Waals surface area contributed by atoms with Gasteiger partial charge >= 0.3 is 0 Å². The summed E-state index contributed by atoms with van der Waals surface area (Å²) in [6, 6.07) is 3.59. The Morgan fingerprint density at radius 2 is 1.77 bits per heavy atom. The summed E-state index contributed by atoms with van der Waals surface area (Å²) < 4.78 is 5.52. The topological polar surface area (TPSA) is 85.3 Å². The Kier molecular flexibility index (Phi) is 4.04. The number of rotatable bonds is 5. The minimum Gasteiger partial charge on any atom is -0.490 e. The second kappa shape index (κ2) is 6.30. The summed E-state index contributed by atoms with van der Waals surface area (Å²) in [6.45, 7) is 0.527. The third-order valence-electron chi connectivity index (χ3n) is 3.33. The highest BCUT2D eigenvalue weighted by Gasteiger charge is 2.28. The van der Waals surface area contributed by atoms with Gasteiger partial charge in [-0.1, -0.05) is 0 Å². The van der Waals surface area contributed by atoms with Crippen LogP contribution in [0.1, 0.15) is 12.8 Å². The average Bonchev–Trinajstić information content (AvgIpc) is 2.88. The normalized spacial score (nSPS) is 14.5. The molecule has 2 aromatic rings. The number of imide groups is 1. The summed E-state index contributed by atoms with van der Waals surface area (Å²) in [4.78, 5) is 36.3. The average molecular weight is 298 g/mol. The van der Waals surface area contributed by atoms with Crippen LogP contribution in [-0.4, -0.2) is 44.8 Å². The Balaban J connectivity index is 1.55. The van der Waals surface area contributed by atoms with E-state index in [1.807, 2.05) is 0 Å². The van der Waals surface area contributed by atoms with E-state index < -0.39 is 0 Å². The van der Waals surface area contributed by atoms with E-state index >= 15 is 0 Å². The van der Waals surface area contributed by atoms with Crippen molar-refractivity contribution >= 4 is 11.8 Å². The molecule has 0 spiro atoms. The molecule has 1 aliphatic rings. The van der Waals surface area contributed by atoms with Crippen LogP contribution >= 0.6 is 0 Å². The van der Waals surface area contributed by atoms with Crippen molar-refractivity contribution in [2.45, 2.75) is 12.8 Å². The van der Waals surface area contributed by atoms with Gasteiger partial charge in [-0.15, -0.1) is 0 Å². The van der Waals surface area contributed by atoms with Crippen molar-refractivity contribution < 1.29 is 14.3 Å². The number of hydrogen-bond acceptors (Lipinski definition) is 6. The van der Waals surface area contributed by atoms with Gasteiger partial charge in [-0.2, -0.15) is 0 Å². The number of carbonyl (C=O) groups excluding carboxylic acids is 2. The summed E-state index contributed by atoms with van der Waals surface area (Å²) in [5, 5.41) is 0. The number of carbonyl (C=O) groups is 2. The molecule has 0 unspecified atom stereocenters. The predicted octanol–water partition coefficient (Wildman–Crippen LogP) is 1.07. The summed E-state index contributed by atoms with van der Waals surface area (Å²) in [5.74, 6) is 0.317. The molecule has 0 bridgehead atoms. The van der Waals surface area contributed by atoms with Crippen molar-refractivity contribution in [1.82, 2.24) is 19.9 Å². The highest BCUT2D eigenvalue weighted by Crippen LogP contribution is 2.18. The lowest BCUT2D eigenvalue weighted by Gasteiger charge is -2.14. The van der Waals surface area contributed by atoms with E-state index in [0.29, 0.717) is 18.6 Å². The molecule has 0 saturated carbocycles. The van der Waals surface area contributed by atoms with Crippen molar-refractivity contribution in [2.75, 3.05) is 13.2 Å². The quantitative estimate of drug-likeness (QED) is 0.767. The molecule has 2 amide bonds. The fourth-order valence-corrected chi connectivity index (χ4v) is 2.19. The largest absolute Gasteiger partial charge is 0.490 e. The number of amides is 2. The van der Waals surface area contributed by atoms with Crippen LogP contribution in [0.15, 0.2) is 37.1 Å². The molecular formula is C15H14N4O3. The molecule has 7 heteroatoms. The summed E-state index contributed by atoms with van der Waals surface area (Å²) in [5.41, 5.74) is 1.57. The Morgan fingerprint density at radius 3 is 2.41 bits per heavy atom. The maximum atomic E-state index is 11.5. The van der Waals surface area contributed by atoms with Crippen molar-refractivity contribution in [3.05, 3.63) is 37.1 Å². The van der Waals surface area contributed by atoms with Crippen molar-refractivity contribution in [1.29, 1.82) is 0 Å². The molecule has 1 aliphatic heterocycles. The number of pyridine rings is 1. The first-order chi connectivity index (χ1) is 10.7. The monoisotopic (exact) mass is 298 g/mol. The van der Waals surface area contributed by atoms with E-state index in [-0.39, 0.29) is 25.0 Å². The standard InChI is InChI=1S/C15H14N4O3/c20-14-3-4-15(21)19(14)5-6-22-12-1-2-13(18-9-12)11-7-16-10-17-8-11/h1-2,7-10H,3-6H2. The third kappa shape index (κ3) is 3.08. The Hall–Kier alpha value is -2.83. The Bertz CT molecular complexity index is 657. The van der Waals surface area contributed by atoms with Crippen LogP contribution in [0, 0.1) is 0 Å². The first kappa shape index (κ1) is 14.1. The number of ether oxygens (including phenoxy) is 1. The van der Waals surface area contributed by atoms with Crippen LogP contribution in [0.2, 0.25) is 0 Å². The lowest BCUT2D eigenvalue weighted by Crippen LogP contribution is -2.33. The van der Waals surface area contributed by atoms with E-state index in [0.717, 1.165) is 11.3 Å². The molecule has 0 aromatic carbocycles. The van der Waals surface area contributed by atoms with Gasteiger partial charge < -0.3 is 4.74 Å². The highest BCUT2D eigenvalue weighted by molar-refractivity contribution is 6.01. The van der Waals surface area contributed by atoms with E-state index in [4.69, 9.17) is 4.74 Å². The third-order valence-corrected chi connectivity index (χ3v) is 3.33. The second-order valence-corrected chi connectivity index (χ2v) is 4.79. The smallest absolute Gasteiger partial charge is 0.229 e. The van der Waals surface area contributed by atoms with Gasteiger partial charge in [0.25, 0.3) is 0 Å². The van der Waals surface area contributed by atoms with E-state index in [2.05, 4.69) is 15.0 Å². The summed E-state index contributed by atoms with van der Waals surface area (Å²) in [7, 11) is 0. The molecule has 0 aliphatic carbocycles. The Labute approximate surface area is 127 Å². The molecule has 0 atom stereocenters. The fraction of sp³-hybridized carbons (Fsp3) is 0.267. The van der Waals surface area contributed by atoms with Crippen LogP contribution in [0.25, 0.3) is 11.3 Å². The highest BCUT2D eigenvalue weighted by atomic mass is 16.5. The first-order valence-corrected chi connectivity index (χ1v) is 6.91. The van der Waals surface area contributed by atoms with Crippen LogP contribution in [0.5, 0.6) is 5.75 Å². The molecule has 1 fully saturated rings. The molecule has 112 valence electrons. The lowest BCUT2D eigenvalue weighted by atomic mass is 10.2. The fourth-order valence-electron chi connectivity index (χ4n) is 2.19. The van der Waals surface area contributed by atoms with Crippen molar-refractivity contribution in [3.8, 4) is 17.0 Å². The van der Waals surface area contributed by atoms with Crippen molar-refractivity contribution in [2.24, 2.45) is 0 Å². The van der Waals surface area contributed by atoms with Gasteiger partial charge in [0.05, 0.1) is 18.4 Å². The Morgan fingerprint density at radius 1 is 1.05 bits per heavy atom. The van der Waals surface area contributed by atoms with Crippen LogP contribution < -0.4 is 4.74 Å². The predicted molar refractivity (Wildman–Crippen MR) is 76.7 cm³/mol. The maximum Gasteiger partial charge on any atom is 0.229 e. The minimum absolute atomic E-state index is 0.133. The molecule has 1 saturated heterocycles. The van der Waals surface area contributed by atoms with Gasteiger partial charge in [-0.3, -0.25) is 19.5 Å². The lowest BCUT2D eigenvalue weighted by molar-refractivity contribution is -0.138. The van der Waals surface area contributed by atoms with Gasteiger partial charge in [0.2, 0.25) is 11.8 Å². The zero-order valence-corrected chi connectivity index (χ0v) is 11.8. The van der Waals surface area contributed by atoms with E-state index in [9.17, 15) is 9.59 Å². The number of nitrogens with zero attached hydrogens (tertiary/aromatic N) is 4. The van der Waals surface area contributed by atoms with E-state index in [1.165, 1.54) is 11.2 Å². The SMILES string of the molecule is O=C1CCC(=O)N1CCOc1ccc(-c2cncnc2)nc1. The van der Waals surface area contributed by atoms with Gasteiger partial charge in [0, 0.05) is 30.8 Å². The van der Waals surface area contributed by atoms with Crippen LogP contribution in [-0.2, 0) is 9.59 Å². The molecule has 7 nitrogen and oxygen atoms in total. The second-order valence-electron chi connectivity index (χ2n) is 4.79. The van der Waals surface area contributed by atoms with E-state index in [1.54, 1.807) is 30.7 Å². The zero-order chi connectivity index (χ0) is 15.4. The van der Waals surface area contributed by atoms with Crippen LogP contribution in [0.3, 0.4) is 0 Å². The molecule has 3 rings (SSSR count). The molecule has 0 radical (unpaired) electrons. The molecule has 22 heavy (non-hydrogen) atoms. The summed E-state index contributed by atoms with van der Waals surface area (Å²) in [6.07, 6.45) is 7.02. The molecule has 0 N–H and O–H groups in total. The van der Waals surface area contributed by atoms with Crippen LogP contribution in [0.4, 0.5) is 0 Å². The van der Waals surface area contributed by atoms with Crippen molar-refractivity contribution in [3.63, 3.8) is 0 Å². The summed E-state index contributed by atoms with van der Waals surface area (Å²) >= 11 is 0. The molecule has 2 aromatic heterocycles. The van der Waals surface area contributed by atoms with Gasteiger partial charge in [0.1, 0.15) is 18.7 Å². The van der Waals surface area contributed by atoms with Gasteiger partial charge in [-0.25, -0.2) is 9.97 Å². The number of hydrogen-bond donors (Lipinski definition) is 0. The molecule has 3 heterocycles. The number of likely N-dealkylation sites (tertiary alicyclic amines) is 1. The zero-order valence-electron chi connectivity index (χ0n) is 11.8. The maximum absolute atomic E-state index is 11.5. The van der Waals surface area contributed by atoms with Gasteiger partial charge in [0.15, 0.2) is 0 Å². The first-order valence-electron chi connectivity index (χ1n) is 6.91. The molecular weight excluding hydrogens is 284 g/mol. The number of aromatic nitrogens is 3. The minimum atomic E-state index is -0.133.